The van der Waals surface area contributed by atoms with Gasteiger partial charge in [-0.25, -0.2) is 9.97 Å². The van der Waals surface area contributed by atoms with Crippen molar-refractivity contribution in [2.45, 2.75) is 36.4 Å². The first-order valence-electron chi connectivity index (χ1n) is 11.5. The number of rotatable bonds is 7. The van der Waals surface area contributed by atoms with Crippen molar-refractivity contribution in [2.75, 3.05) is 44.4 Å². The Morgan fingerprint density at radius 1 is 1.21 bits per heavy atom. The molecule has 0 aromatic carbocycles. The second-order valence-corrected chi connectivity index (χ2v) is 9.65. The maximum Gasteiger partial charge on any atom is 0.213 e. The molecule has 3 aromatic rings. The van der Waals surface area contributed by atoms with Crippen LogP contribution < -0.4 is 15.4 Å². The predicted octanol–water partition coefficient (Wildman–Crippen LogP) is 2.84. The highest BCUT2D eigenvalue weighted by molar-refractivity contribution is 7.99. The van der Waals surface area contributed by atoms with Gasteiger partial charge in [0.05, 0.1) is 29.9 Å². The maximum atomic E-state index is 11.0. The van der Waals surface area contributed by atoms with Crippen molar-refractivity contribution in [2.24, 2.45) is 0 Å². The monoisotopic (exact) mass is 466 g/mol. The molecule has 0 bridgehead atoms. The summed E-state index contributed by atoms with van der Waals surface area (Å²) < 4.78 is 5.25. The van der Waals surface area contributed by atoms with E-state index in [9.17, 15) is 5.11 Å². The van der Waals surface area contributed by atoms with Gasteiger partial charge in [-0.2, -0.15) is 0 Å². The van der Waals surface area contributed by atoms with Crippen molar-refractivity contribution >= 4 is 28.6 Å². The van der Waals surface area contributed by atoms with Gasteiger partial charge in [-0.1, -0.05) is 0 Å². The van der Waals surface area contributed by atoms with Gasteiger partial charge in [-0.3, -0.25) is 4.98 Å². The number of fused-ring (bicyclic) bond motifs is 2. The van der Waals surface area contributed by atoms with Crippen LogP contribution in [0.5, 0.6) is 5.88 Å². The first-order valence-corrected chi connectivity index (χ1v) is 12.5. The number of nitrogens with one attached hydrogen (secondary N) is 2. The van der Waals surface area contributed by atoms with E-state index in [2.05, 4.69) is 37.6 Å². The number of β-amino-alcohol motifs (C(OH)–C–C–N with tert-alkyl or cyclic N) is 1. The zero-order valence-electron chi connectivity index (χ0n) is 18.8. The molecule has 174 valence electrons. The maximum absolute atomic E-state index is 11.0. The summed E-state index contributed by atoms with van der Waals surface area (Å²) in [6.45, 7) is 4.24. The van der Waals surface area contributed by atoms with Crippen LogP contribution in [0.2, 0.25) is 0 Å². The summed E-state index contributed by atoms with van der Waals surface area (Å²) in [6.07, 6.45) is 3.21. The Morgan fingerprint density at radius 2 is 2.09 bits per heavy atom. The van der Waals surface area contributed by atoms with Crippen LogP contribution in [0.25, 0.3) is 11.0 Å². The van der Waals surface area contributed by atoms with E-state index >= 15 is 0 Å². The fourth-order valence-electron chi connectivity index (χ4n) is 4.48. The van der Waals surface area contributed by atoms with E-state index in [1.807, 2.05) is 23.9 Å². The Morgan fingerprint density at radius 3 is 2.94 bits per heavy atom. The summed E-state index contributed by atoms with van der Waals surface area (Å²) in [5.74, 6) is 2.64. The van der Waals surface area contributed by atoms with Crippen molar-refractivity contribution in [1.82, 2.24) is 25.2 Å². The van der Waals surface area contributed by atoms with E-state index in [1.165, 1.54) is 4.90 Å². The first kappa shape index (κ1) is 22.3. The van der Waals surface area contributed by atoms with E-state index in [0.717, 1.165) is 67.4 Å². The summed E-state index contributed by atoms with van der Waals surface area (Å²) in [5.41, 5.74) is 3.34. The lowest BCUT2D eigenvalue weighted by molar-refractivity contribution is 0.0947. The third kappa shape index (κ3) is 5.22. The van der Waals surface area contributed by atoms with Crippen molar-refractivity contribution in [1.29, 1.82) is 0 Å². The molecule has 0 radical (unpaired) electrons. The number of aliphatic hydroxyl groups is 1. The number of aliphatic hydroxyl groups excluding tert-OH is 1. The van der Waals surface area contributed by atoms with Gasteiger partial charge in [0.25, 0.3) is 0 Å². The molecule has 0 amide bonds. The molecule has 5 heterocycles. The van der Waals surface area contributed by atoms with Gasteiger partial charge in [0.15, 0.2) is 0 Å². The van der Waals surface area contributed by atoms with Crippen LogP contribution in [-0.2, 0) is 6.54 Å². The van der Waals surface area contributed by atoms with Crippen molar-refractivity contribution in [3.05, 3.63) is 47.8 Å². The molecule has 0 saturated carbocycles. The van der Waals surface area contributed by atoms with Crippen LogP contribution in [0.3, 0.4) is 0 Å². The number of ether oxygens (including phenoxy) is 1. The quantitative estimate of drug-likeness (QED) is 0.486. The lowest BCUT2D eigenvalue weighted by Crippen LogP contribution is -2.43. The van der Waals surface area contributed by atoms with E-state index < -0.39 is 6.10 Å². The van der Waals surface area contributed by atoms with Gasteiger partial charge >= 0.3 is 0 Å². The van der Waals surface area contributed by atoms with Crippen molar-refractivity contribution in [3.8, 4) is 5.88 Å². The molecule has 1 saturated heterocycles. The summed E-state index contributed by atoms with van der Waals surface area (Å²) in [5, 5.41) is 18.0. The van der Waals surface area contributed by atoms with Crippen LogP contribution in [0, 0.1) is 0 Å². The summed E-state index contributed by atoms with van der Waals surface area (Å²) >= 11 is 1.86. The molecule has 0 unspecified atom stereocenters. The summed E-state index contributed by atoms with van der Waals surface area (Å²) in [7, 11) is 1.59. The molecule has 1 fully saturated rings. The number of anilines is 1. The molecule has 0 spiro atoms. The Labute approximate surface area is 198 Å². The Hall–Kier alpha value is -2.46. The lowest BCUT2D eigenvalue weighted by atomic mass is 10.0. The standard InChI is InChI=1S/C24H30N6O2S/c1-32-22-5-3-19-23(29-22)18(6-9-25-19)20(31)15-30-11-7-16(8-12-30)27-14-17-2-4-21-24(28-17)26-10-13-33-21/h2-6,9,16,20,27,31H,7-8,10-15H2,1H3,(H,26,28)/t20-/m1/s1. The number of aromatic nitrogens is 3. The van der Waals surface area contributed by atoms with Crippen molar-refractivity contribution in [3.63, 3.8) is 0 Å². The Balaban J connectivity index is 1.14. The Kier molecular flexibility index (Phi) is 6.91. The number of hydrogen-bond donors (Lipinski definition) is 3. The van der Waals surface area contributed by atoms with E-state index in [1.54, 1.807) is 19.4 Å². The van der Waals surface area contributed by atoms with E-state index in [-0.39, 0.29) is 0 Å². The predicted molar refractivity (Wildman–Crippen MR) is 131 cm³/mol. The van der Waals surface area contributed by atoms with E-state index in [0.29, 0.717) is 24.0 Å². The third-order valence-electron chi connectivity index (χ3n) is 6.32. The number of pyridine rings is 3. The minimum Gasteiger partial charge on any atom is -0.481 e. The summed E-state index contributed by atoms with van der Waals surface area (Å²) in [4.78, 5) is 17.2. The molecule has 3 aromatic heterocycles. The molecule has 1 atom stereocenters. The number of methoxy groups -OCH3 is 1. The van der Waals surface area contributed by atoms with Gasteiger partial charge < -0.3 is 25.4 Å². The highest BCUT2D eigenvalue weighted by Gasteiger charge is 2.23. The van der Waals surface area contributed by atoms with Gasteiger partial charge in [0, 0.05) is 54.2 Å². The van der Waals surface area contributed by atoms with Gasteiger partial charge in [-0.15, -0.1) is 11.8 Å². The number of likely N-dealkylation sites (tertiary alicyclic amines) is 1. The average Bonchev–Trinajstić information content (AvgIpc) is 2.87. The molecular formula is C24H30N6O2S. The van der Waals surface area contributed by atoms with Crippen LogP contribution in [-0.4, -0.2) is 70.0 Å². The molecule has 33 heavy (non-hydrogen) atoms. The van der Waals surface area contributed by atoms with Gasteiger partial charge in [0.2, 0.25) is 5.88 Å². The normalized spacial score (nSPS) is 18.0. The molecule has 0 aliphatic carbocycles. The van der Waals surface area contributed by atoms with Crippen LogP contribution in [0.1, 0.15) is 30.2 Å². The topological polar surface area (TPSA) is 95.4 Å². The molecular weight excluding hydrogens is 436 g/mol. The van der Waals surface area contributed by atoms with Gasteiger partial charge in [0.1, 0.15) is 5.82 Å². The minimum absolute atomic E-state index is 0.464. The highest BCUT2D eigenvalue weighted by Crippen LogP contribution is 2.29. The molecule has 2 aliphatic heterocycles. The average molecular weight is 467 g/mol. The lowest BCUT2D eigenvalue weighted by Gasteiger charge is -2.33. The number of piperidine rings is 1. The number of thioether (sulfide) groups is 1. The number of hydrogen-bond acceptors (Lipinski definition) is 9. The Bertz CT molecular complexity index is 1110. The number of nitrogens with zero attached hydrogens (tertiary/aromatic N) is 4. The van der Waals surface area contributed by atoms with Crippen LogP contribution >= 0.6 is 11.8 Å². The van der Waals surface area contributed by atoms with E-state index in [4.69, 9.17) is 9.72 Å². The fourth-order valence-corrected chi connectivity index (χ4v) is 5.32. The highest BCUT2D eigenvalue weighted by atomic mass is 32.2. The van der Waals surface area contributed by atoms with Crippen LogP contribution in [0.4, 0.5) is 5.82 Å². The molecule has 5 rings (SSSR count). The fraction of sp³-hybridized carbons (Fsp3) is 0.458. The van der Waals surface area contributed by atoms with Crippen molar-refractivity contribution < 1.29 is 9.84 Å². The zero-order chi connectivity index (χ0) is 22.6. The molecule has 9 heteroatoms. The van der Waals surface area contributed by atoms with Crippen LogP contribution in [0.15, 0.2) is 41.4 Å². The second-order valence-electron chi connectivity index (χ2n) is 8.52. The summed E-state index contributed by atoms with van der Waals surface area (Å²) in [6, 6.07) is 10.3. The first-order chi connectivity index (χ1) is 16.2. The largest absolute Gasteiger partial charge is 0.481 e. The SMILES string of the molecule is COc1ccc2nccc([C@H](O)CN3CCC(NCc4ccc5c(n4)NCCS5)CC3)c2n1. The smallest absolute Gasteiger partial charge is 0.213 e. The second kappa shape index (κ2) is 10.2. The van der Waals surface area contributed by atoms with Gasteiger partial charge in [-0.05, 0) is 50.2 Å². The zero-order valence-corrected chi connectivity index (χ0v) is 19.6. The molecule has 8 nitrogen and oxygen atoms in total. The molecule has 3 N–H and O–H groups in total. The third-order valence-corrected chi connectivity index (χ3v) is 7.36. The molecule has 2 aliphatic rings. The minimum atomic E-state index is -0.621.